The van der Waals surface area contributed by atoms with E-state index in [1.807, 2.05) is 25.1 Å². The number of nitrogens with one attached hydrogen (secondary N) is 2. The van der Waals surface area contributed by atoms with Crippen molar-refractivity contribution in [3.63, 3.8) is 0 Å². The van der Waals surface area contributed by atoms with Gasteiger partial charge >= 0.3 is 0 Å². The molecule has 0 aliphatic carbocycles. The number of rotatable bonds is 13. The lowest BCUT2D eigenvalue weighted by molar-refractivity contribution is -0.130. The van der Waals surface area contributed by atoms with Gasteiger partial charge in [-0.2, -0.15) is 0 Å². The standard InChI is InChI=1S/C21H36N4O2/c1-16(2)9-5-4-6-11-19(26)25-20(17(3)12-13-22)21(27)24-15-18-10-7-8-14-23-18/h7-8,10,14,16-17,20H,4-6,9,11-13,15,22H2,1-3H3,(H,24,27)(H,25,26)/t17-,20-/m0/s1. The highest BCUT2D eigenvalue weighted by Gasteiger charge is 2.26. The molecule has 2 amide bonds. The number of nitrogens with zero attached hydrogens (tertiary/aromatic N) is 1. The first-order chi connectivity index (χ1) is 12.9. The van der Waals surface area contributed by atoms with Crippen LogP contribution >= 0.6 is 0 Å². The maximum absolute atomic E-state index is 12.6. The molecule has 0 spiro atoms. The van der Waals surface area contributed by atoms with Gasteiger partial charge in [0.25, 0.3) is 0 Å². The summed E-state index contributed by atoms with van der Waals surface area (Å²) >= 11 is 0. The van der Waals surface area contributed by atoms with E-state index in [0.717, 1.165) is 25.0 Å². The quantitative estimate of drug-likeness (QED) is 0.461. The van der Waals surface area contributed by atoms with Gasteiger partial charge in [-0.05, 0) is 43.4 Å². The molecule has 0 radical (unpaired) electrons. The second-order valence-electron chi connectivity index (χ2n) is 7.63. The van der Waals surface area contributed by atoms with Gasteiger partial charge in [0.1, 0.15) is 6.04 Å². The normalized spacial score (nSPS) is 13.2. The molecule has 0 aromatic carbocycles. The first-order valence-electron chi connectivity index (χ1n) is 10.1. The van der Waals surface area contributed by atoms with Crippen molar-refractivity contribution in [3.8, 4) is 0 Å². The van der Waals surface area contributed by atoms with Crippen molar-refractivity contribution in [2.24, 2.45) is 17.6 Å². The molecule has 0 fully saturated rings. The van der Waals surface area contributed by atoms with Crippen LogP contribution in [-0.2, 0) is 16.1 Å². The Bertz CT molecular complexity index is 548. The van der Waals surface area contributed by atoms with E-state index in [2.05, 4.69) is 29.5 Å². The molecule has 0 saturated carbocycles. The lowest BCUT2D eigenvalue weighted by Crippen LogP contribution is -2.50. The molecule has 0 aliphatic rings. The largest absolute Gasteiger partial charge is 0.349 e. The highest BCUT2D eigenvalue weighted by atomic mass is 16.2. The third-order valence-electron chi connectivity index (χ3n) is 4.65. The third-order valence-corrected chi connectivity index (χ3v) is 4.65. The maximum Gasteiger partial charge on any atom is 0.243 e. The fourth-order valence-corrected chi connectivity index (χ4v) is 2.95. The van der Waals surface area contributed by atoms with Crippen molar-refractivity contribution < 1.29 is 9.59 Å². The minimum absolute atomic E-state index is 0.0244. The molecule has 6 nitrogen and oxygen atoms in total. The van der Waals surface area contributed by atoms with Crippen LogP contribution in [0.5, 0.6) is 0 Å². The van der Waals surface area contributed by atoms with E-state index in [4.69, 9.17) is 5.73 Å². The summed E-state index contributed by atoms with van der Waals surface area (Å²) in [6, 6.07) is 5.00. The Morgan fingerprint density at radius 3 is 2.52 bits per heavy atom. The minimum Gasteiger partial charge on any atom is -0.349 e. The second kappa shape index (κ2) is 13.3. The first kappa shape index (κ1) is 23.1. The first-order valence-corrected chi connectivity index (χ1v) is 10.1. The summed E-state index contributed by atoms with van der Waals surface area (Å²) in [6.45, 7) is 7.19. The molecular formula is C21H36N4O2. The number of unbranched alkanes of at least 4 members (excludes halogenated alkanes) is 2. The molecule has 0 aliphatic heterocycles. The molecule has 0 bridgehead atoms. The Kier molecular flexibility index (Phi) is 11.3. The topological polar surface area (TPSA) is 97.1 Å². The van der Waals surface area contributed by atoms with Crippen LogP contribution < -0.4 is 16.4 Å². The Labute approximate surface area is 163 Å². The third kappa shape index (κ3) is 10.1. The van der Waals surface area contributed by atoms with Gasteiger partial charge in [-0.3, -0.25) is 14.6 Å². The van der Waals surface area contributed by atoms with Crippen molar-refractivity contribution in [3.05, 3.63) is 30.1 Å². The molecule has 1 rings (SSSR count). The average Bonchev–Trinajstić information content (AvgIpc) is 2.64. The summed E-state index contributed by atoms with van der Waals surface area (Å²) in [4.78, 5) is 29.1. The minimum atomic E-state index is -0.569. The number of hydrogen-bond donors (Lipinski definition) is 3. The predicted octanol–water partition coefficient (Wildman–Crippen LogP) is 2.77. The lowest BCUT2D eigenvalue weighted by atomic mass is 9.97. The van der Waals surface area contributed by atoms with Gasteiger partial charge in [0.2, 0.25) is 11.8 Å². The molecule has 1 heterocycles. The van der Waals surface area contributed by atoms with Gasteiger partial charge in [0.05, 0.1) is 12.2 Å². The molecule has 0 unspecified atom stereocenters. The molecule has 4 N–H and O–H groups in total. The Hall–Kier alpha value is -1.95. The molecule has 152 valence electrons. The molecule has 6 heteroatoms. The summed E-state index contributed by atoms with van der Waals surface area (Å²) in [5.74, 6) is 0.419. The van der Waals surface area contributed by atoms with Crippen molar-refractivity contribution in [1.82, 2.24) is 15.6 Å². The second-order valence-corrected chi connectivity index (χ2v) is 7.63. The number of hydrogen-bond acceptors (Lipinski definition) is 4. The van der Waals surface area contributed by atoms with Gasteiger partial charge < -0.3 is 16.4 Å². The zero-order valence-electron chi connectivity index (χ0n) is 17.0. The van der Waals surface area contributed by atoms with Crippen molar-refractivity contribution in [1.29, 1.82) is 0 Å². The van der Waals surface area contributed by atoms with Gasteiger partial charge in [0.15, 0.2) is 0 Å². The lowest BCUT2D eigenvalue weighted by Gasteiger charge is -2.24. The average molecular weight is 377 g/mol. The summed E-state index contributed by atoms with van der Waals surface area (Å²) < 4.78 is 0. The van der Waals surface area contributed by atoms with Crippen molar-refractivity contribution in [2.75, 3.05) is 6.54 Å². The SMILES string of the molecule is CC(C)CCCCCC(=O)N[C@H](C(=O)NCc1ccccn1)[C@@H](C)CCN. The fourth-order valence-electron chi connectivity index (χ4n) is 2.95. The Balaban J connectivity index is 2.49. The molecule has 1 aromatic heterocycles. The number of aromatic nitrogens is 1. The zero-order chi connectivity index (χ0) is 20.1. The van der Waals surface area contributed by atoms with Crippen LogP contribution in [0.3, 0.4) is 0 Å². The van der Waals surface area contributed by atoms with Crippen molar-refractivity contribution >= 4 is 11.8 Å². The zero-order valence-corrected chi connectivity index (χ0v) is 17.0. The number of nitrogens with two attached hydrogens (primary N) is 1. The summed E-state index contributed by atoms with van der Waals surface area (Å²) in [7, 11) is 0. The van der Waals surface area contributed by atoms with Gasteiger partial charge in [0, 0.05) is 12.6 Å². The maximum atomic E-state index is 12.6. The van der Waals surface area contributed by atoms with Crippen LogP contribution in [0, 0.1) is 11.8 Å². The fraction of sp³-hybridized carbons (Fsp3) is 0.667. The van der Waals surface area contributed by atoms with Crippen LogP contribution in [0.15, 0.2) is 24.4 Å². The number of pyridine rings is 1. The molecule has 27 heavy (non-hydrogen) atoms. The molecule has 0 saturated heterocycles. The summed E-state index contributed by atoms with van der Waals surface area (Å²) in [5, 5.41) is 5.79. The van der Waals surface area contributed by atoms with E-state index in [1.165, 1.54) is 6.42 Å². The van der Waals surface area contributed by atoms with Gasteiger partial charge in [-0.25, -0.2) is 0 Å². The Morgan fingerprint density at radius 2 is 1.89 bits per heavy atom. The van der Waals surface area contributed by atoms with Crippen LogP contribution in [0.1, 0.15) is 65.0 Å². The molecule has 2 atom stereocenters. The van der Waals surface area contributed by atoms with E-state index in [-0.39, 0.29) is 17.7 Å². The highest BCUT2D eigenvalue weighted by molar-refractivity contribution is 5.87. The van der Waals surface area contributed by atoms with Crippen LogP contribution in [0.4, 0.5) is 0 Å². The van der Waals surface area contributed by atoms with Crippen LogP contribution in [-0.4, -0.2) is 29.4 Å². The smallest absolute Gasteiger partial charge is 0.243 e. The van der Waals surface area contributed by atoms with E-state index >= 15 is 0 Å². The van der Waals surface area contributed by atoms with Crippen molar-refractivity contribution in [2.45, 2.75) is 71.9 Å². The van der Waals surface area contributed by atoms with E-state index in [0.29, 0.717) is 31.8 Å². The van der Waals surface area contributed by atoms with E-state index in [1.54, 1.807) is 6.20 Å². The summed E-state index contributed by atoms with van der Waals surface area (Å²) in [5.41, 5.74) is 6.43. The van der Waals surface area contributed by atoms with Crippen LogP contribution in [0.25, 0.3) is 0 Å². The Morgan fingerprint density at radius 1 is 1.11 bits per heavy atom. The van der Waals surface area contributed by atoms with Gasteiger partial charge in [-0.1, -0.05) is 46.1 Å². The molecule has 1 aromatic rings. The van der Waals surface area contributed by atoms with E-state index in [9.17, 15) is 9.59 Å². The highest BCUT2D eigenvalue weighted by Crippen LogP contribution is 2.11. The number of carbonyl (C=O) groups is 2. The number of amides is 2. The number of carbonyl (C=O) groups excluding carboxylic acids is 2. The van der Waals surface area contributed by atoms with E-state index < -0.39 is 6.04 Å². The summed E-state index contributed by atoms with van der Waals surface area (Å²) in [6.07, 6.45) is 7.05. The predicted molar refractivity (Wildman–Crippen MR) is 109 cm³/mol. The van der Waals surface area contributed by atoms with Gasteiger partial charge in [-0.15, -0.1) is 0 Å². The van der Waals surface area contributed by atoms with Crippen LogP contribution in [0.2, 0.25) is 0 Å². The monoisotopic (exact) mass is 376 g/mol. The molecular weight excluding hydrogens is 340 g/mol.